The highest BCUT2D eigenvalue weighted by atomic mass is 79.9. The predicted octanol–water partition coefficient (Wildman–Crippen LogP) is 3.28. The first-order valence-corrected chi connectivity index (χ1v) is 7.71. The molecule has 2 aromatic carbocycles. The number of hydrogen-bond donors (Lipinski definition) is 1. The van der Waals surface area contributed by atoms with Crippen LogP contribution >= 0.6 is 15.9 Å². The average molecular weight is 392 g/mol. The number of hydrazone groups is 1. The lowest BCUT2D eigenvalue weighted by Crippen LogP contribution is -2.25. The molecule has 0 radical (unpaired) electrons. The fraction of sp³-hybridized carbons (Fsp3) is 0.125. The molecule has 1 amide bonds. The zero-order valence-corrected chi connectivity index (χ0v) is 14.3. The molecule has 0 spiro atoms. The van der Waals surface area contributed by atoms with Crippen LogP contribution in [0.3, 0.4) is 0 Å². The molecular weight excluding hydrogens is 378 g/mol. The molecule has 0 unspecified atom stereocenters. The van der Waals surface area contributed by atoms with Gasteiger partial charge in [-0.25, -0.2) is 5.43 Å². The number of rotatable bonds is 6. The van der Waals surface area contributed by atoms with Gasteiger partial charge in [0.15, 0.2) is 6.61 Å². The van der Waals surface area contributed by atoms with Gasteiger partial charge in [-0.1, -0.05) is 28.1 Å². The number of nitro groups is 1. The van der Waals surface area contributed by atoms with E-state index in [1.165, 1.54) is 24.3 Å². The lowest BCUT2D eigenvalue weighted by Gasteiger charge is -2.06. The van der Waals surface area contributed by atoms with E-state index in [4.69, 9.17) is 4.74 Å². The van der Waals surface area contributed by atoms with Gasteiger partial charge >= 0.3 is 0 Å². The van der Waals surface area contributed by atoms with Crippen molar-refractivity contribution in [2.75, 3.05) is 6.61 Å². The highest BCUT2D eigenvalue weighted by molar-refractivity contribution is 9.10. The Hall–Kier alpha value is -2.74. The van der Waals surface area contributed by atoms with Gasteiger partial charge in [0.1, 0.15) is 5.75 Å². The molecule has 8 heteroatoms. The van der Waals surface area contributed by atoms with Gasteiger partial charge in [-0.3, -0.25) is 14.9 Å². The minimum Gasteiger partial charge on any atom is -0.484 e. The van der Waals surface area contributed by atoms with Gasteiger partial charge in [-0.2, -0.15) is 5.10 Å². The van der Waals surface area contributed by atoms with Crippen LogP contribution < -0.4 is 10.2 Å². The van der Waals surface area contributed by atoms with Gasteiger partial charge in [0.05, 0.1) is 10.6 Å². The molecule has 1 N–H and O–H groups in total. The highest BCUT2D eigenvalue weighted by Gasteiger charge is 2.06. The maximum atomic E-state index is 11.7. The third-order valence-corrected chi connectivity index (χ3v) is 3.56. The largest absolute Gasteiger partial charge is 0.484 e. The summed E-state index contributed by atoms with van der Waals surface area (Å²) in [5.41, 5.74) is 3.90. The molecule has 24 heavy (non-hydrogen) atoms. The summed E-state index contributed by atoms with van der Waals surface area (Å²) in [6.07, 6.45) is 0. The average Bonchev–Trinajstić information content (AvgIpc) is 2.58. The molecule has 0 aliphatic carbocycles. The molecule has 0 fully saturated rings. The molecule has 0 heterocycles. The number of carbonyl (C=O) groups excluding carboxylic acids is 1. The first-order valence-electron chi connectivity index (χ1n) is 6.92. The summed E-state index contributed by atoms with van der Waals surface area (Å²) in [4.78, 5) is 21.8. The standard InChI is InChI=1S/C16H14BrN3O4/c1-11(12-2-4-13(17)5-3-12)18-19-16(21)10-24-15-8-6-14(7-9-15)20(22)23/h2-9H,10H2,1H3,(H,19,21). The summed E-state index contributed by atoms with van der Waals surface area (Å²) in [5.74, 6) is -0.0609. The van der Waals surface area contributed by atoms with Crippen LogP contribution in [0.25, 0.3) is 0 Å². The van der Waals surface area contributed by atoms with Crippen molar-refractivity contribution in [3.63, 3.8) is 0 Å². The van der Waals surface area contributed by atoms with Crippen LogP contribution in [0.15, 0.2) is 58.1 Å². The molecule has 0 saturated heterocycles. The number of nitro benzene ring substituents is 1. The molecule has 7 nitrogen and oxygen atoms in total. The van der Waals surface area contributed by atoms with E-state index in [0.717, 1.165) is 10.0 Å². The van der Waals surface area contributed by atoms with Gasteiger partial charge in [-0.05, 0) is 36.8 Å². The number of carbonyl (C=O) groups is 1. The minimum atomic E-state index is -0.504. The van der Waals surface area contributed by atoms with Crippen molar-refractivity contribution in [1.82, 2.24) is 5.43 Å². The summed E-state index contributed by atoms with van der Waals surface area (Å²) in [5, 5.41) is 14.6. The fourth-order valence-corrected chi connectivity index (χ4v) is 2.01. The van der Waals surface area contributed by atoms with E-state index in [1.807, 2.05) is 24.3 Å². The number of hydrogen-bond acceptors (Lipinski definition) is 5. The van der Waals surface area contributed by atoms with Crippen LogP contribution in [-0.2, 0) is 4.79 Å². The third kappa shape index (κ3) is 5.17. The molecule has 2 rings (SSSR count). The SMILES string of the molecule is CC(=NNC(=O)COc1ccc([N+](=O)[O-])cc1)c1ccc(Br)cc1. The second-order valence-corrected chi connectivity index (χ2v) is 5.69. The predicted molar refractivity (Wildman–Crippen MR) is 93.1 cm³/mol. The van der Waals surface area contributed by atoms with E-state index in [9.17, 15) is 14.9 Å². The molecule has 0 aromatic heterocycles. The van der Waals surface area contributed by atoms with E-state index in [-0.39, 0.29) is 12.3 Å². The van der Waals surface area contributed by atoms with Gasteiger partial charge in [-0.15, -0.1) is 0 Å². The third-order valence-electron chi connectivity index (χ3n) is 3.03. The topological polar surface area (TPSA) is 93.8 Å². The van der Waals surface area contributed by atoms with E-state index in [0.29, 0.717) is 11.5 Å². The summed E-state index contributed by atoms with van der Waals surface area (Å²) in [6, 6.07) is 13.0. The van der Waals surface area contributed by atoms with Crippen molar-refractivity contribution >= 4 is 33.2 Å². The Labute approximate surface area is 146 Å². The van der Waals surface area contributed by atoms with Crippen molar-refractivity contribution in [2.24, 2.45) is 5.10 Å². The molecule has 0 bridgehead atoms. The summed E-state index contributed by atoms with van der Waals surface area (Å²) in [7, 11) is 0. The number of nitrogens with zero attached hydrogens (tertiary/aromatic N) is 2. The summed E-state index contributed by atoms with van der Waals surface area (Å²) < 4.78 is 6.20. The van der Waals surface area contributed by atoms with Crippen LogP contribution in [0, 0.1) is 10.1 Å². The van der Waals surface area contributed by atoms with Crippen LogP contribution in [0.4, 0.5) is 5.69 Å². The first-order chi connectivity index (χ1) is 11.5. The summed E-state index contributed by atoms with van der Waals surface area (Å²) >= 11 is 3.35. The van der Waals surface area contributed by atoms with E-state index in [1.54, 1.807) is 6.92 Å². The minimum absolute atomic E-state index is 0.0403. The van der Waals surface area contributed by atoms with Crippen LogP contribution in [0.2, 0.25) is 0 Å². The lowest BCUT2D eigenvalue weighted by atomic mass is 10.1. The van der Waals surface area contributed by atoms with E-state index < -0.39 is 10.8 Å². The Morgan fingerprint density at radius 3 is 2.42 bits per heavy atom. The molecule has 0 atom stereocenters. The smallest absolute Gasteiger partial charge is 0.277 e. The number of ether oxygens (including phenoxy) is 1. The molecular formula is C16H14BrN3O4. The normalized spacial score (nSPS) is 11.0. The molecule has 0 aliphatic heterocycles. The second-order valence-electron chi connectivity index (χ2n) is 4.78. The maximum absolute atomic E-state index is 11.7. The molecule has 0 aliphatic rings. The van der Waals surface area contributed by atoms with Crippen LogP contribution in [-0.4, -0.2) is 23.1 Å². The molecule has 124 valence electrons. The van der Waals surface area contributed by atoms with E-state index in [2.05, 4.69) is 26.5 Å². The fourth-order valence-electron chi connectivity index (χ4n) is 1.75. The zero-order valence-electron chi connectivity index (χ0n) is 12.7. The highest BCUT2D eigenvalue weighted by Crippen LogP contribution is 2.17. The number of nitrogens with one attached hydrogen (secondary N) is 1. The summed E-state index contributed by atoms with van der Waals surface area (Å²) in [6.45, 7) is 1.54. The number of amides is 1. The van der Waals surface area contributed by atoms with Crippen LogP contribution in [0.5, 0.6) is 5.75 Å². The number of benzene rings is 2. The second kappa shape index (κ2) is 8.21. The molecule has 2 aromatic rings. The van der Waals surface area contributed by atoms with Crippen molar-refractivity contribution < 1.29 is 14.5 Å². The first kappa shape index (κ1) is 17.6. The zero-order chi connectivity index (χ0) is 17.5. The number of halogens is 1. The van der Waals surface area contributed by atoms with Crippen molar-refractivity contribution in [1.29, 1.82) is 0 Å². The Morgan fingerprint density at radius 2 is 1.83 bits per heavy atom. The van der Waals surface area contributed by atoms with Gasteiger partial charge in [0, 0.05) is 16.6 Å². The van der Waals surface area contributed by atoms with Gasteiger partial charge in [0.25, 0.3) is 11.6 Å². The monoisotopic (exact) mass is 391 g/mol. The van der Waals surface area contributed by atoms with Crippen molar-refractivity contribution in [2.45, 2.75) is 6.92 Å². The lowest BCUT2D eigenvalue weighted by molar-refractivity contribution is -0.384. The number of non-ortho nitro benzene ring substituents is 1. The molecule has 0 saturated carbocycles. The Kier molecular flexibility index (Phi) is 6.02. The Balaban J connectivity index is 1.85. The van der Waals surface area contributed by atoms with Crippen LogP contribution in [0.1, 0.15) is 12.5 Å². The van der Waals surface area contributed by atoms with Crippen molar-refractivity contribution in [3.05, 3.63) is 68.7 Å². The van der Waals surface area contributed by atoms with Gasteiger partial charge < -0.3 is 4.74 Å². The Bertz CT molecular complexity index is 758. The van der Waals surface area contributed by atoms with Crippen molar-refractivity contribution in [3.8, 4) is 5.75 Å². The van der Waals surface area contributed by atoms with Gasteiger partial charge in [0.2, 0.25) is 0 Å². The van der Waals surface area contributed by atoms with E-state index >= 15 is 0 Å². The quantitative estimate of drug-likeness (QED) is 0.464. The maximum Gasteiger partial charge on any atom is 0.277 e. The Morgan fingerprint density at radius 1 is 1.21 bits per heavy atom.